The maximum atomic E-state index is 12.4. The lowest BCUT2D eigenvalue weighted by Crippen LogP contribution is -2.33. The number of amides is 2. The summed E-state index contributed by atoms with van der Waals surface area (Å²) in [5, 5.41) is 5.78. The summed E-state index contributed by atoms with van der Waals surface area (Å²) >= 11 is 0. The second-order valence-corrected chi connectivity index (χ2v) is 6.89. The van der Waals surface area contributed by atoms with Crippen molar-refractivity contribution in [1.82, 2.24) is 5.32 Å². The highest BCUT2D eigenvalue weighted by atomic mass is 16.3. The zero-order valence-electron chi connectivity index (χ0n) is 14.2. The van der Waals surface area contributed by atoms with E-state index in [4.69, 9.17) is 4.42 Å². The van der Waals surface area contributed by atoms with Gasteiger partial charge in [0, 0.05) is 36.1 Å². The Balaban J connectivity index is 1.68. The molecule has 1 aromatic heterocycles. The molecule has 0 radical (unpaired) electrons. The number of anilines is 1. The summed E-state index contributed by atoms with van der Waals surface area (Å²) in [5.74, 6) is 1.63. The number of rotatable bonds is 4. The Morgan fingerprint density at radius 3 is 2.79 bits per heavy atom. The van der Waals surface area contributed by atoms with E-state index < -0.39 is 0 Å². The molecule has 0 aliphatic carbocycles. The minimum absolute atomic E-state index is 0.0124. The van der Waals surface area contributed by atoms with Crippen molar-refractivity contribution < 1.29 is 14.0 Å². The van der Waals surface area contributed by atoms with Gasteiger partial charge in [0.25, 0.3) is 5.91 Å². The molecule has 2 aromatic rings. The Kier molecular flexibility index (Phi) is 4.18. The summed E-state index contributed by atoms with van der Waals surface area (Å²) in [4.78, 5) is 24.1. The molecule has 0 fully saturated rings. The van der Waals surface area contributed by atoms with Crippen LogP contribution < -0.4 is 10.6 Å². The average Bonchev–Trinajstić information content (AvgIpc) is 2.91. The van der Waals surface area contributed by atoms with Crippen molar-refractivity contribution in [3.63, 3.8) is 0 Å². The van der Waals surface area contributed by atoms with Gasteiger partial charge in [0.15, 0.2) is 0 Å². The molecule has 1 aromatic carbocycles. The fourth-order valence-corrected chi connectivity index (χ4v) is 3.07. The van der Waals surface area contributed by atoms with Gasteiger partial charge in [-0.2, -0.15) is 0 Å². The van der Waals surface area contributed by atoms with E-state index in [1.54, 1.807) is 12.1 Å². The number of fused-ring (bicyclic) bond motifs is 1. The molecular weight excluding hydrogens is 304 g/mol. The molecule has 126 valence electrons. The van der Waals surface area contributed by atoms with Gasteiger partial charge in [-0.25, -0.2) is 0 Å². The Bertz CT molecular complexity index is 790. The van der Waals surface area contributed by atoms with E-state index in [0.717, 1.165) is 22.8 Å². The third-order valence-corrected chi connectivity index (χ3v) is 4.34. The van der Waals surface area contributed by atoms with Crippen LogP contribution in [0.1, 0.15) is 47.7 Å². The van der Waals surface area contributed by atoms with E-state index in [1.165, 1.54) is 0 Å². The first-order valence-electron chi connectivity index (χ1n) is 8.13. The molecule has 0 spiro atoms. The summed E-state index contributed by atoms with van der Waals surface area (Å²) in [6.45, 7) is 6.45. The standard InChI is InChI=1S/C19H22N2O3/c1-12-4-6-14(24-12)8-9-20-18(23)13-5-7-16-15(10-13)19(2,3)11-17(22)21-16/h4-7,10H,8-9,11H2,1-3H3,(H,20,23)(H,21,22). The molecule has 1 aliphatic rings. The van der Waals surface area contributed by atoms with Crippen LogP contribution in [0.25, 0.3) is 0 Å². The molecule has 0 bridgehead atoms. The van der Waals surface area contributed by atoms with Crippen LogP contribution in [0.2, 0.25) is 0 Å². The quantitative estimate of drug-likeness (QED) is 0.906. The first-order valence-corrected chi connectivity index (χ1v) is 8.13. The van der Waals surface area contributed by atoms with Gasteiger partial charge >= 0.3 is 0 Å². The third kappa shape index (κ3) is 3.35. The van der Waals surface area contributed by atoms with Gasteiger partial charge < -0.3 is 15.1 Å². The molecule has 2 heterocycles. The molecule has 5 nitrogen and oxygen atoms in total. The van der Waals surface area contributed by atoms with Gasteiger partial charge in [0.1, 0.15) is 11.5 Å². The van der Waals surface area contributed by atoms with E-state index in [1.807, 2.05) is 39.0 Å². The van der Waals surface area contributed by atoms with Gasteiger partial charge in [-0.3, -0.25) is 9.59 Å². The lowest BCUT2D eigenvalue weighted by Gasteiger charge is -2.32. The van der Waals surface area contributed by atoms with Crippen LogP contribution >= 0.6 is 0 Å². The molecule has 2 amide bonds. The Hall–Kier alpha value is -2.56. The van der Waals surface area contributed by atoms with E-state index >= 15 is 0 Å². The Labute approximate surface area is 141 Å². The molecular formula is C19H22N2O3. The number of benzene rings is 1. The topological polar surface area (TPSA) is 71.3 Å². The predicted octanol–water partition coefficient (Wildman–Crippen LogP) is 3.18. The SMILES string of the molecule is Cc1ccc(CCNC(=O)c2ccc3c(c2)C(C)(C)CC(=O)N3)o1. The van der Waals surface area contributed by atoms with Gasteiger partial charge in [0.05, 0.1) is 0 Å². The summed E-state index contributed by atoms with van der Waals surface area (Å²) < 4.78 is 5.49. The third-order valence-electron chi connectivity index (χ3n) is 4.34. The van der Waals surface area contributed by atoms with Crippen molar-refractivity contribution in [3.05, 3.63) is 53.0 Å². The summed E-state index contributed by atoms with van der Waals surface area (Å²) in [5.41, 5.74) is 2.11. The Morgan fingerprint density at radius 2 is 2.08 bits per heavy atom. The summed E-state index contributed by atoms with van der Waals surface area (Å²) in [6.07, 6.45) is 1.08. The lowest BCUT2D eigenvalue weighted by molar-refractivity contribution is -0.117. The van der Waals surface area contributed by atoms with Gasteiger partial charge in [-0.15, -0.1) is 0 Å². The normalized spacial score (nSPS) is 15.5. The lowest BCUT2D eigenvalue weighted by atomic mass is 9.77. The molecule has 2 N–H and O–H groups in total. The Morgan fingerprint density at radius 1 is 1.29 bits per heavy atom. The number of furan rings is 1. The van der Waals surface area contributed by atoms with E-state index in [-0.39, 0.29) is 17.2 Å². The van der Waals surface area contributed by atoms with Crippen LogP contribution in [-0.4, -0.2) is 18.4 Å². The number of nitrogens with one attached hydrogen (secondary N) is 2. The second-order valence-electron chi connectivity index (χ2n) is 6.89. The zero-order valence-corrected chi connectivity index (χ0v) is 14.2. The summed E-state index contributed by atoms with van der Waals surface area (Å²) in [7, 11) is 0. The molecule has 0 atom stereocenters. The molecule has 1 aliphatic heterocycles. The van der Waals surface area contributed by atoms with Crippen molar-refractivity contribution in [2.24, 2.45) is 0 Å². The van der Waals surface area contributed by atoms with Crippen LogP contribution in [-0.2, 0) is 16.6 Å². The number of hydrogen-bond donors (Lipinski definition) is 2. The summed E-state index contributed by atoms with van der Waals surface area (Å²) in [6, 6.07) is 9.26. The minimum atomic E-state index is -0.278. The van der Waals surface area contributed by atoms with Crippen LogP contribution in [0, 0.1) is 6.92 Å². The zero-order chi connectivity index (χ0) is 17.3. The number of carbonyl (C=O) groups excluding carboxylic acids is 2. The van der Waals surface area contributed by atoms with Gasteiger partial charge in [-0.05, 0) is 42.8 Å². The van der Waals surface area contributed by atoms with Gasteiger partial charge in [-0.1, -0.05) is 13.8 Å². The predicted molar refractivity (Wildman–Crippen MR) is 92.2 cm³/mol. The van der Waals surface area contributed by atoms with Crippen LogP contribution in [0.5, 0.6) is 0 Å². The molecule has 0 saturated heterocycles. The number of aryl methyl sites for hydroxylation is 1. The van der Waals surface area contributed by atoms with Crippen molar-refractivity contribution in [2.75, 3.05) is 11.9 Å². The van der Waals surface area contributed by atoms with Crippen molar-refractivity contribution >= 4 is 17.5 Å². The van der Waals surface area contributed by atoms with Crippen LogP contribution in [0.4, 0.5) is 5.69 Å². The van der Waals surface area contributed by atoms with E-state index in [9.17, 15) is 9.59 Å². The smallest absolute Gasteiger partial charge is 0.251 e. The maximum absolute atomic E-state index is 12.4. The fraction of sp³-hybridized carbons (Fsp3) is 0.368. The van der Waals surface area contributed by atoms with Crippen LogP contribution in [0.3, 0.4) is 0 Å². The molecule has 0 saturated carbocycles. The average molecular weight is 326 g/mol. The van der Waals surface area contributed by atoms with E-state index in [2.05, 4.69) is 10.6 Å². The fourth-order valence-electron chi connectivity index (χ4n) is 3.07. The minimum Gasteiger partial charge on any atom is -0.466 e. The van der Waals surface area contributed by atoms with Gasteiger partial charge in [0.2, 0.25) is 5.91 Å². The monoisotopic (exact) mass is 326 g/mol. The number of hydrogen-bond acceptors (Lipinski definition) is 3. The maximum Gasteiger partial charge on any atom is 0.251 e. The first-order chi connectivity index (χ1) is 11.3. The van der Waals surface area contributed by atoms with Crippen molar-refractivity contribution in [2.45, 2.75) is 39.0 Å². The molecule has 5 heteroatoms. The highest BCUT2D eigenvalue weighted by Crippen LogP contribution is 2.37. The highest BCUT2D eigenvalue weighted by molar-refractivity contribution is 5.98. The van der Waals surface area contributed by atoms with Crippen LogP contribution in [0.15, 0.2) is 34.7 Å². The largest absolute Gasteiger partial charge is 0.466 e. The first kappa shape index (κ1) is 16.3. The molecule has 3 rings (SSSR count). The highest BCUT2D eigenvalue weighted by Gasteiger charge is 2.32. The van der Waals surface area contributed by atoms with Crippen molar-refractivity contribution in [1.29, 1.82) is 0 Å². The molecule has 24 heavy (non-hydrogen) atoms. The second kappa shape index (κ2) is 6.15. The molecule has 0 unspecified atom stereocenters. The van der Waals surface area contributed by atoms with Crippen molar-refractivity contribution in [3.8, 4) is 0 Å². The van der Waals surface area contributed by atoms with E-state index in [0.29, 0.717) is 24.9 Å². The number of carbonyl (C=O) groups is 2.